The summed E-state index contributed by atoms with van der Waals surface area (Å²) >= 11 is 1.38. The first kappa shape index (κ1) is 19.4. The summed E-state index contributed by atoms with van der Waals surface area (Å²) in [5.41, 5.74) is -0.132. The lowest BCUT2D eigenvalue weighted by molar-refractivity contribution is 0.0695. The highest BCUT2D eigenvalue weighted by atomic mass is 32.2. The summed E-state index contributed by atoms with van der Waals surface area (Å²) in [6.45, 7) is 4.71. The Balaban J connectivity index is 1.75. The lowest BCUT2D eigenvalue weighted by Gasteiger charge is -2.36. The molecule has 1 aromatic heterocycles. The number of anilines is 1. The van der Waals surface area contributed by atoms with Gasteiger partial charge < -0.3 is 19.8 Å². The smallest absolute Gasteiger partial charge is 0.341 e. The highest BCUT2D eigenvalue weighted by Gasteiger charge is 2.31. The Kier molecular flexibility index (Phi) is 4.70. The van der Waals surface area contributed by atoms with Crippen LogP contribution in [0.5, 0.6) is 0 Å². The van der Waals surface area contributed by atoms with Gasteiger partial charge in [-0.3, -0.25) is 4.79 Å². The SMILES string of the molecule is CN1CCN(c2c(F)cc3c(=O)c(C(=O)O)cn4c3c2SC(N2CCCC2)=N4)CC1. The normalized spacial score (nSPS) is 19.5. The van der Waals surface area contributed by atoms with Crippen LogP contribution in [-0.4, -0.2) is 77.0 Å². The highest BCUT2D eigenvalue weighted by Crippen LogP contribution is 2.42. The van der Waals surface area contributed by atoms with Gasteiger partial charge in [0.2, 0.25) is 5.43 Å². The van der Waals surface area contributed by atoms with E-state index < -0.39 is 22.8 Å². The molecule has 2 aromatic rings. The Morgan fingerprint density at radius 2 is 1.83 bits per heavy atom. The lowest BCUT2D eigenvalue weighted by atomic mass is 10.1. The van der Waals surface area contributed by atoms with Crippen molar-refractivity contribution >= 4 is 39.5 Å². The number of aromatic nitrogens is 1. The van der Waals surface area contributed by atoms with Gasteiger partial charge in [0, 0.05) is 45.5 Å². The topological polar surface area (TPSA) is 81.4 Å². The van der Waals surface area contributed by atoms with Crippen LogP contribution in [0.15, 0.2) is 27.1 Å². The van der Waals surface area contributed by atoms with Crippen LogP contribution >= 0.6 is 11.8 Å². The third kappa shape index (κ3) is 3.05. The van der Waals surface area contributed by atoms with Crippen LogP contribution in [0.3, 0.4) is 0 Å². The molecule has 0 bridgehead atoms. The van der Waals surface area contributed by atoms with Crippen molar-refractivity contribution in [3.05, 3.63) is 33.9 Å². The van der Waals surface area contributed by atoms with Gasteiger partial charge in [-0.05, 0) is 37.7 Å². The number of carboxylic acid groups (broad SMARTS) is 1. The van der Waals surface area contributed by atoms with Crippen LogP contribution in [0.4, 0.5) is 10.1 Å². The number of piperazine rings is 1. The molecule has 0 spiro atoms. The van der Waals surface area contributed by atoms with Crippen molar-refractivity contribution in [1.29, 1.82) is 0 Å². The van der Waals surface area contributed by atoms with Crippen LogP contribution in [0, 0.1) is 5.82 Å². The van der Waals surface area contributed by atoms with E-state index in [1.165, 1.54) is 28.7 Å². The van der Waals surface area contributed by atoms with Gasteiger partial charge in [0.25, 0.3) is 0 Å². The third-order valence-corrected chi connectivity index (χ3v) is 7.08. The summed E-state index contributed by atoms with van der Waals surface area (Å²) in [4.78, 5) is 31.4. The van der Waals surface area contributed by atoms with Crippen molar-refractivity contribution in [3.8, 4) is 0 Å². The zero-order valence-corrected chi connectivity index (χ0v) is 17.4. The number of halogens is 1. The summed E-state index contributed by atoms with van der Waals surface area (Å²) < 4.78 is 16.9. The largest absolute Gasteiger partial charge is 0.477 e. The van der Waals surface area contributed by atoms with Crippen LogP contribution in [0.1, 0.15) is 23.2 Å². The first-order chi connectivity index (χ1) is 14.4. The summed E-state index contributed by atoms with van der Waals surface area (Å²) in [6, 6.07) is 1.18. The molecule has 0 atom stereocenters. The van der Waals surface area contributed by atoms with Gasteiger partial charge in [-0.25, -0.2) is 13.9 Å². The second kappa shape index (κ2) is 7.28. The molecule has 0 amide bonds. The number of hydrogen-bond acceptors (Lipinski definition) is 7. The van der Waals surface area contributed by atoms with E-state index in [0.29, 0.717) is 34.4 Å². The average molecular weight is 431 g/mol. The van der Waals surface area contributed by atoms with E-state index in [1.54, 1.807) is 0 Å². The van der Waals surface area contributed by atoms with Crippen molar-refractivity contribution < 1.29 is 14.3 Å². The molecule has 2 fully saturated rings. The Bertz CT molecular complexity index is 1130. The van der Waals surface area contributed by atoms with Gasteiger partial charge in [0.1, 0.15) is 11.4 Å². The van der Waals surface area contributed by atoms with Crippen LogP contribution in [-0.2, 0) is 0 Å². The fourth-order valence-electron chi connectivity index (χ4n) is 4.29. The first-order valence-electron chi connectivity index (χ1n) is 10.0. The molecule has 3 aliphatic rings. The molecular weight excluding hydrogens is 409 g/mol. The molecule has 158 valence electrons. The number of carbonyl (C=O) groups is 1. The molecule has 0 aliphatic carbocycles. The molecule has 2 saturated heterocycles. The van der Waals surface area contributed by atoms with E-state index in [1.807, 2.05) is 11.9 Å². The molecule has 0 radical (unpaired) electrons. The number of likely N-dealkylation sites (N-methyl/N-ethyl adjacent to an activating group) is 1. The number of aromatic carboxylic acids is 1. The molecule has 3 aliphatic heterocycles. The van der Waals surface area contributed by atoms with Gasteiger partial charge >= 0.3 is 5.97 Å². The highest BCUT2D eigenvalue weighted by molar-refractivity contribution is 8.14. The number of carboxylic acids is 1. The molecule has 4 heterocycles. The van der Waals surface area contributed by atoms with Crippen molar-refractivity contribution in [2.45, 2.75) is 17.7 Å². The van der Waals surface area contributed by atoms with Crippen molar-refractivity contribution in [1.82, 2.24) is 14.5 Å². The Hall–Kier alpha value is -2.59. The molecule has 0 saturated carbocycles. The summed E-state index contributed by atoms with van der Waals surface area (Å²) in [6.07, 6.45) is 3.37. The second-order valence-electron chi connectivity index (χ2n) is 7.92. The minimum Gasteiger partial charge on any atom is -0.477 e. The number of likely N-dealkylation sites (tertiary alicyclic amines) is 1. The van der Waals surface area contributed by atoms with E-state index >= 15 is 4.39 Å². The predicted octanol–water partition coefficient (Wildman–Crippen LogP) is 1.91. The quantitative estimate of drug-likeness (QED) is 0.778. The number of hydrogen-bond donors (Lipinski definition) is 1. The van der Waals surface area contributed by atoms with Gasteiger partial charge in [-0.15, -0.1) is 5.10 Å². The number of amidine groups is 1. The van der Waals surface area contributed by atoms with E-state index in [4.69, 9.17) is 0 Å². The van der Waals surface area contributed by atoms with E-state index in [0.717, 1.165) is 39.0 Å². The monoisotopic (exact) mass is 431 g/mol. The van der Waals surface area contributed by atoms with Crippen molar-refractivity contribution in [3.63, 3.8) is 0 Å². The molecule has 1 aromatic carbocycles. The average Bonchev–Trinajstić information content (AvgIpc) is 3.26. The van der Waals surface area contributed by atoms with Gasteiger partial charge in [0.15, 0.2) is 5.17 Å². The maximum absolute atomic E-state index is 15.4. The molecule has 10 heteroatoms. The van der Waals surface area contributed by atoms with Gasteiger partial charge in [0.05, 0.1) is 21.5 Å². The predicted molar refractivity (Wildman–Crippen MR) is 114 cm³/mol. The second-order valence-corrected chi connectivity index (χ2v) is 8.90. The number of rotatable bonds is 2. The van der Waals surface area contributed by atoms with Crippen molar-refractivity contribution in [2.24, 2.45) is 5.10 Å². The van der Waals surface area contributed by atoms with Gasteiger partial charge in [-0.1, -0.05) is 0 Å². The maximum atomic E-state index is 15.4. The van der Waals surface area contributed by atoms with E-state index in [-0.39, 0.29) is 5.39 Å². The first-order valence-corrected chi connectivity index (χ1v) is 10.9. The lowest BCUT2D eigenvalue weighted by Crippen LogP contribution is -2.45. The third-order valence-electron chi connectivity index (χ3n) is 5.97. The molecular formula is C20H22FN5O3S. The van der Waals surface area contributed by atoms with Crippen LogP contribution in [0.2, 0.25) is 0 Å². The van der Waals surface area contributed by atoms with Gasteiger partial charge in [-0.2, -0.15) is 0 Å². The summed E-state index contributed by atoms with van der Waals surface area (Å²) in [5.74, 6) is -1.84. The Labute approximate surface area is 176 Å². The van der Waals surface area contributed by atoms with Crippen LogP contribution in [0.25, 0.3) is 10.9 Å². The molecule has 0 unspecified atom stereocenters. The number of thioether (sulfide) groups is 1. The fraction of sp³-hybridized carbons (Fsp3) is 0.450. The standard InChI is InChI=1S/C20H22FN5O3S/c1-23-6-8-24(9-7-23)16-14(21)10-12-15-18(16)30-20(25-4-2-3-5-25)22-26(15)11-13(17(12)27)19(28)29/h10-11H,2-9H2,1H3,(H,28,29). The summed E-state index contributed by atoms with van der Waals surface area (Å²) in [5, 5.41) is 14.9. The summed E-state index contributed by atoms with van der Waals surface area (Å²) in [7, 11) is 2.04. The fourth-order valence-corrected chi connectivity index (χ4v) is 5.54. The van der Waals surface area contributed by atoms with Crippen molar-refractivity contribution in [2.75, 3.05) is 51.2 Å². The van der Waals surface area contributed by atoms with E-state index in [2.05, 4.69) is 14.9 Å². The number of benzene rings is 1. The molecule has 5 rings (SSSR count). The molecule has 30 heavy (non-hydrogen) atoms. The molecule has 1 N–H and O–H groups in total. The van der Waals surface area contributed by atoms with Crippen LogP contribution < -0.4 is 10.3 Å². The maximum Gasteiger partial charge on any atom is 0.341 e. The zero-order valence-electron chi connectivity index (χ0n) is 16.6. The minimum atomic E-state index is -1.34. The Morgan fingerprint density at radius 3 is 2.50 bits per heavy atom. The number of pyridine rings is 1. The minimum absolute atomic E-state index is 0.0528. The zero-order chi connectivity index (χ0) is 21.0. The Morgan fingerprint density at radius 1 is 1.13 bits per heavy atom. The number of nitrogens with zero attached hydrogens (tertiary/aromatic N) is 5. The molecule has 8 nitrogen and oxygen atoms in total. The van der Waals surface area contributed by atoms with E-state index in [9.17, 15) is 14.7 Å².